The van der Waals surface area contributed by atoms with Crippen LogP contribution in [0.25, 0.3) is 0 Å². The fraction of sp³-hybridized carbons (Fsp3) is 0.0769. The molecule has 0 saturated heterocycles. The molecule has 0 saturated carbocycles. The van der Waals surface area contributed by atoms with E-state index in [2.05, 4.69) is 0 Å². The van der Waals surface area contributed by atoms with Crippen LogP contribution in [0.1, 0.15) is 5.56 Å². The molecule has 2 aromatic rings. The zero-order valence-corrected chi connectivity index (χ0v) is 12.1. The third-order valence-electron chi connectivity index (χ3n) is 2.92. The number of fused-ring (bicyclic) bond motifs is 1. The lowest BCUT2D eigenvalue weighted by Gasteiger charge is -2.07. The minimum Gasteiger partial charge on any atom is -0.423 e. The quantitative estimate of drug-likeness (QED) is 0.863. The number of rotatable bonds is 2. The number of hydrogen-bond donors (Lipinski definition) is 1. The second-order valence-corrected chi connectivity index (χ2v) is 6.08. The molecule has 1 heterocycles. The summed E-state index contributed by atoms with van der Waals surface area (Å²) < 4.78 is 5.17. The maximum absolute atomic E-state index is 9.69. The molecule has 96 valence electrons. The lowest BCUT2D eigenvalue weighted by molar-refractivity contribution is 0.275. The molecule has 2 aromatic carbocycles. The van der Waals surface area contributed by atoms with Crippen LogP contribution in [0.2, 0.25) is 10.0 Å². The first-order chi connectivity index (χ1) is 9.15. The molecule has 2 nitrogen and oxygen atoms in total. The third kappa shape index (κ3) is 2.64. The number of halogens is 2. The van der Waals surface area contributed by atoms with Gasteiger partial charge in [-0.1, -0.05) is 47.1 Å². The first-order valence-corrected chi connectivity index (χ1v) is 7.27. The number of benzene rings is 2. The molecule has 0 bridgehead atoms. The van der Waals surface area contributed by atoms with Gasteiger partial charge in [0.15, 0.2) is 0 Å². The Kier molecular flexibility index (Phi) is 3.78. The van der Waals surface area contributed by atoms with Gasteiger partial charge in [-0.3, -0.25) is 0 Å². The highest BCUT2D eigenvalue weighted by molar-refractivity contribution is 7.99. The largest absolute Gasteiger partial charge is 0.491 e. The summed E-state index contributed by atoms with van der Waals surface area (Å²) in [4.78, 5) is 1.88. The van der Waals surface area contributed by atoms with Gasteiger partial charge in [-0.25, -0.2) is 0 Å². The maximum Gasteiger partial charge on any atom is 0.491 e. The van der Waals surface area contributed by atoms with Crippen LogP contribution in [0, 0.1) is 0 Å². The van der Waals surface area contributed by atoms with Crippen molar-refractivity contribution in [3.63, 3.8) is 0 Å². The second kappa shape index (κ2) is 5.39. The summed E-state index contributed by atoms with van der Waals surface area (Å²) in [6.07, 6.45) is 0. The fourth-order valence-corrected chi connectivity index (χ4v) is 3.34. The van der Waals surface area contributed by atoms with E-state index in [-0.39, 0.29) is 0 Å². The summed E-state index contributed by atoms with van der Waals surface area (Å²) in [6, 6.07) is 11.4. The van der Waals surface area contributed by atoms with Crippen LogP contribution in [-0.2, 0) is 11.3 Å². The van der Waals surface area contributed by atoms with Crippen LogP contribution >= 0.6 is 35.0 Å². The summed E-state index contributed by atoms with van der Waals surface area (Å²) >= 11 is 13.7. The Morgan fingerprint density at radius 1 is 1.21 bits per heavy atom. The average molecular weight is 311 g/mol. The molecule has 1 aliphatic rings. The van der Waals surface area contributed by atoms with E-state index in [9.17, 15) is 5.02 Å². The molecule has 0 spiro atoms. The highest BCUT2D eigenvalue weighted by Gasteiger charge is 2.27. The first kappa shape index (κ1) is 13.3. The molecule has 0 fully saturated rings. The van der Waals surface area contributed by atoms with Crippen LogP contribution in [0.5, 0.6) is 0 Å². The van der Waals surface area contributed by atoms with Gasteiger partial charge in [0, 0.05) is 9.79 Å². The highest BCUT2D eigenvalue weighted by atomic mass is 35.5. The lowest BCUT2D eigenvalue weighted by atomic mass is 9.80. The zero-order chi connectivity index (χ0) is 13.4. The third-order valence-corrected chi connectivity index (χ3v) is 4.90. The fourth-order valence-electron chi connectivity index (χ4n) is 1.95. The average Bonchev–Trinajstić information content (AvgIpc) is 2.77. The van der Waals surface area contributed by atoms with Crippen molar-refractivity contribution in [3.05, 3.63) is 52.0 Å². The Labute approximate surface area is 125 Å². The molecule has 6 heteroatoms. The van der Waals surface area contributed by atoms with Crippen molar-refractivity contribution in [2.24, 2.45) is 0 Å². The Hall–Kier alpha value is -0.645. The summed E-state index contributed by atoms with van der Waals surface area (Å²) in [5.74, 6) is 0. The van der Waals surface area contributed by atoms with Gasteiger partial charge in [-0.15, -0.1) is 0 Å². The van der Waals surface area contributed by atoms with Crippen molar-refractivity contribution in [1.29, 1.82) is 0 Å². The van der Waals surface area contributed by atoms with Gasteiger partial charge in [-0.2, -0.15) is 0 Å². The summed E-state index contributed by atoms with van der Waals surface area (Å²) in [5.41, 5.74) is 1.84. The smallest absolute Gasteiger partial charge is 0.423 e. The first-order valence-electron chi connectivity index (χ1n) is 5.69. The van der Waals surface area contributed by atoms with Gasteiger partial charge in [0.1, 0.15) is 0 Å². The Bertz CT molecular complexity index is 636. The molecular weight excluding hydrogens is 302 g/mol. The van der Waals surface area contributed by atoms with Crippen LogP contribution in [-0.4, -0.2) is 12.1 Å². The summed E-state index contributed by atoms with van der Waals surface area (Å²) in [5, 5.41) is 10.8. The van der Waals surface area contributed by atoms with Crippen molar-refractivity contribution in [2.75, 3.05) is 0 Å². The van der Waals surface area contributed by atoms with Gasteiger partial charge in [0.05, 0.1) is 16.7 Å². The zero-order valence-electron chi connectivity index (χ0n) is 9.77. The van der Waals surface area contributed by atoms with E-state index >= 15 is 0 Å². The van der Waals surface area contributed by atoms with Gasteiger partial charge in [0.2, 0.25) is 0 Å². The van der Waals surface area contributed by atoms with E-state index in [0.717, 1.165) is 20.8 Å². The van der Waals surface area contributed by atoms with Crippen molar-refractivity contribution < 1.29 is 9.68 Å². The second-order valence-electron chi connectivity index (χ2n) is 4.18. The molecule has 0 aliphatic carbocycles. The monoisotopic (exact) mass is 310 g/mol. The Morgan fingerprint density at radius 2 is 2.05 bits per heavy atom. The minimum absolute atomic E-state index is 0.458. The van der Waals surface area contributed by atoms with Gasteiger partial charge in [0.25, 0.3) is 0 Å². The predicted molar refractivity (Wildman–Crippen MR) is 79.4 cm³/mol. The lowest BCUT2D eigenvalue weighted by Crippen LogP contribution is -2.27. The van der Waals surface area contributed by atoms with Crippen molar-refractivity contribution in [3.8, 4) is 0 Å². The van der Waals surface area contributed by atoms with Crippen molar-refractivity contribution in [2.45, 2.75) is 16.4 Å². The van der Waals surface area contributed by atoms with Crippen LogP contribution in [0.3, 0.4) is 0 Å². The Balaban J connectivity index is 1.92. The van der Waals surface area contributed by atoms with E-state index in [4.69, 9.17) is 27.9 Å². The normalized spacial score (nSPS) is 13.7. The molecule has 3 rings (SSSR count). The van der Waals surface area contributed by atoms with Crippen molar-refractivity contribution in [1.82, 2.24) is 0 Å². The highest BCUT2D eigenvalue weighted by Crippen LogP contribution is 2.37. The van der Waals surface area contributed by atoms with E-state index in [0.29, 0.717) is 16.7 Å². The molecule has 1 aliphatic heterocycles. The van der Waals surface area contributed by atoms with Crippen LogP contribution in [0.4, 0.5) is 0 Å². The molecule has 0 aromatic heterocycles. The topological polar surface area (TPSA) is 29.5 Å². The minimum atomic E-state index is -0.828. The van der Waals surface area contributed by atoms with Crippen LogP contribution < -0.4 is 5.46 Å². The predicted octanol–water partition coefficient (Wildman–Crippen LogP) is 3.36. The van der Waals surface area contributed by atoms with Crippen molar-refractivity contribution >= 4 is 47.5 Å². The Morgan fingerprint density at radius 3 is 2.89 bits per heavy atom. The van der Waals surface area contributed by atoms with E-state index < -0.39 is 7.12 Å². The number of hydrogen-bond acceptors (Lipinski definition) is 3. The van der Waals surface area contributed by atoms with Gasteiger partial charge >= 0.3 is 7.12 Å². The van der Waals surface area contributed by atoms with Crippen LogP contribution in [0.15, 0.2) is 46.2 Å². The van der Waals surface area contributed by atoms with E-state index in [1.165, 1.54) is 11.8 Å². The molecular formula is C13H9BCl2O2S. The summed E-state index contributed by atoms with van der Waals surface area (Å²) in [6.45, 7) is 0.458. The molecule has 0 unspecified atom stereocenters. The standard InChI is InChI=1S/C13H9BCl2O2S/c15-11-2-1-3-12(13(11)16)19-9-5-4-8-7-18-14(17)10(8)6-9/h1-6,17H,7H2. The SMILES string of the molecule is OB1OCc2ccc(Sc3cccc(Cl)c3Cl)cc21. The molecule has 0 atom stereocenters. The van der Waals surface area contributed by atoms with E-state index in [1.807, 2.05) is 30.3 Å². The maximum atomic E-state index is 9.69. The molecule has 0 radical (unpaired) electrons. The van der Waals surface area contributed by atoms with Gasteiger partial charge < -0.3 is 9.68 Å². The molecule has 1 N–H and O–H groups in total. The summed E-state index contributed by atoms with van der Waals surface area (Å²) in [7, 11) is -0.828. The van der Waals surface area contributed by atoms with Gasteiger partial charge in [-0.05, 0) is 35.3 Å². The molecule has 19 heavy (non-hydrogen) atoms. The molecule has 0 amide bonds. The van der Waals surface area contributed by atoms with E-state index in [1.54, 1.807) is 6.07 Å².